The van der Waals surface area contributed by atoms with E-state index in [2.05, 4.69) is 16.3 Å². The summed E-state index contributed by atoms with van der Waals surface area (Å²) in [6.45, 7) is 4.33. The van der Waals surface area contributed by atoms with Crippen molar-refractivity contribution in [1.82, 2.24) is 9.80 Å². The second kappa shape index (κ2) is 6.58. The van der Waals surface area contributed by atoms with E-state index in [9.17, 15) is 14.7 Å². The normalized spacial score (nSPS) is 32.2. The molecule has 6 heteroatoms. The van der Waals surface area contributed by atoms with Crippen molar-refractivity contribution in [2.75, 3.05) is 25.0 Å². The number of carbonyl (C=O) groups excluding carboxylic acids is 1. The van der Waals surface area contributed by atoms with Gasteiger partial charge in [-0.25, -0.2) is 4.79 Å². The van der Waals surface area contributed by atoms with Gasteiger partial charge in [0.15, 0.2) is 0 Å². The predicted octanol–water partition coefficient (Wildman–Crippen LogP) is 2.89. The first-order chi connectivity index (χ1) is 12.5. The van der Waals surface area contributed by atoms with Crippen LogP contribution in [0.2, 0.25) is 0 Å². The molecule has 1 aromatic rings. The van der Waals surface area contributed by atoms with Crippen molar-refractivity contribution in [3.05, 3.63) is 29.8 Å². The Hall–Kier alpha value is -2.08. The van der Waals surface area contributed by atoms with E-state index in [1.54, 1.807) is 4.90 Å². The molecule has 1 aliphatic carbocycles. The molecule has 2 amide bonds. The molecule has 2 heterocycles. The van der Waals surface area contributed by atoms with Gasteiger partial charge in [-0.2, -0.15) is 0 Å². The van der Waals surface area contributed by atoms with Gasteiger partial charge in [-0.15, -0.1) is 0 Å². The van der Waals surface area contributed by atoms with Gasteiger partial charge in [0, 0.05) is 37.4 Å². The minimum absolute atomic E-state index is 0.0152. The lowest BCUT2D eigenvalue weighted by molar-refractivity contribution is -0.122. The Balaban J connectivity index is 1.46. The van der Waals surface area contributed by atoms with Crippen LogP contribution in [0.5, 0.6) is 0 Å². The summed E-state index contributed by atoms with van der Waals surface area (Å²) in [5.74, 6) is 0.151. The van der Waals surface area contributed by atoms with Crippen molar-refractivity contribution >= 4 is 17.7 Å². The van der Waals surface area contributed by atoms with E-state index in [0.717, 1.165) is 56.4 Å². The Kier molecular flexibility index (Phi) is 4.39. The van der Waals surface area contributed by atoms with Gasteiger partial charge in [-0.3, -0.25) is 9.69 Å². The smallest absolute Gasteiger partial charge is 0.407 e. The third-order valence-corrected chi connectivity index (χ3v) is 6.57. The van der Waals surface area contributed by atoms with Gasteiger partial charge in [0.2, 0.25) is 5.91 Å². The molecule has 2 N–H and O–H groups in total. The predicted molar refractivity (Wildman–Crippen MR) is 99.4 cm³/mol. The summed E-state index contributed by atoms with van der Waals surface area (Å²) in [6, 6.07) is 8.52. The van der Waals surface area contributed by atoms with E-state index < -0.39 is 6.09 Å². The molecule has 1 atom stereocenters. The molecule has 1 unspecified atom stereocenters. The van der Waals surface area contributed by atoms with Crippen LogP contribution < -0.4 is 5.32 Å². The van der Waals surface area contributed by atoms with Gasteiger partial charge >= 0.3 is 6.09 Å². The maximum atomic E-state index is 12.7. The number of hydrogen-bond donors (Lipinski definition) is 2. The minimum Gasteiger partial charge on any atom is -0.465 e. The monoisotopic (exact) mass is 357 g/mol. The Morgan fingerprint density at radius 1 is 1.23 bits per heavy atom. The number of benzene rings is 1. The zero-order valence-electron chi connectivity index (χ0n) is 15.3. The lowest BCUT2D eigenvalue weighted by atomic mass is 9.68. The number of hydrogen-bond acceptors (Lipinski definition) is 3. The average Bonchev–Trinajstić information content (AvgIpc) is 2.77. The van der Waals surface area contributed by atoms with Gasteiger partial charge in [-0.1, -0.05) is 18.2 Å². The number of carbonyl (C=O) groups is 2. The quantitative estimate of drug-likeness (QED) is 0.811. The van der Waals surface area contributed by atoms with E-state index in [-0.39, 0.29) is 17.4 Å². The van der Waals surface area contributed by atoms with Crippen molar-refractivity contribution in [2.45, 2.75) is 56.5 Å². The summed E-state index contributed by atoms with van der Waals surface area (Å²) in [4.78, 5) is 28.1. The summed E-state index contributed by atoms with van der Waals surface area (Å²) in [5, 5.41) is 12.4. The minimum atomic E-state index is -0.818. The highest BCUT2D eigenvalue weighted by Gasteiger charge is 2.49. The molecule has 2 fully saturated rings. The van der Waals surface area contributed by atoms with Crippen LogP contribution in [0.1, 0.15) is 44.6 Å². The summed E-state index contributed by atoms with van der Waals surface area (Å²) in [5.41, 5.74) is 1.76. The van der Waals surface area contributed by atoms with Gasteiger partial charge in [0.1, 0.15) is 0 Å². The Bertz CT molecular complexity index is 712. The number of carboxylic acid groups (broad SMARTS) is 1. The largest absolute Gasteiger partial charge is 0.465 e. The molecule has 6 nitrogen and oxygen atoms in total. The highest BCUT2D eigenvalue weighted by atomic mass is 16.4. The van der Waals surface area contributed by atoms with Crippen LogP contribution in [-0.2, 0) is 10.2 Å². The highest BCUT2D eigenvalue weighted by molar-refractivity contribution is 6.06. The third-order valence-electron chi connectivity index (χ3n) is 6.57. The van der Waals surface area contributed by atoms with Crippen molar-refractivity contribution in [3.63, 3.8) is 0 Å². The molecule has 0 aromatic heterocycles. The van der Waals surface area contributed by atoms with Crippen LogP contribution in [0.15, 0.2) is 24.3 Å². The van der Waals surface area contributed by atoms with Gasteiger partial charge in [0.25, 0.3) is 0 Å². The number of rotatable bonds is 1. The number of nitrogens with one attached hydrogen (secondary N) is 1. The van der Waals surface area contributed by atoms with E-state index in [1.165, 1.54) is 0 Å². The second-order valence-corrected chi connectivity index (χ2v) is 7.99. The van der Waals surface area contributed by atoms with E-state index in [4.69, 9.17) is 0 Å². The van der Waals surface area contributed by atoms with Gasteiger partial charge in [-0.05, 0) is 50.7 Å². The standard InChI is InChI=1S/C20H27N3O3/c1-14-13-22(11-4-12-23(14)19(25)26)15-7-9-20(10-8-15)16-5-2-3-6-17(16)21-18(20)24/h2-3,5-6,14-15H,4,7-13H2,1H3,(H,21,24)(H,25,26). The molecule has 3 aliphatic rings. The topological polar surface area (TPSA) is 72.9 Å². The SMILES string of the molecule is CC1CN(C2CCC3(CC2)C(=O)Nc2ccccc23)CCCN1C(=O)O. The lowest BCUT2D eigenvalue weighted by Gasteiger charge is -2.41. The molecule has 1 saturated carbocycles. The molecule has 26 heavy (non-hydrogen) atoms. The summed E-state index contributed by atoms with van der Waals surface area (Å²) >= 11 is 0. The van der Waals surface area contributed by atoms with Crippen LogP contribution in [-0.4, -0.2) is 58.6 Å². The molecule has 2 aliphatic heterocycles. The number of amides is 2. The maximum absolute atomic E-state index is 12.7. The number of nitrogens with zero attached hydrogens (tertiary/aromatic N) is 2. The van der Waals surface area contributed by atoms with Crippen LogP contribution in [0, 0.1) is 0 Å². The van der Waals surface area contributed by atoms with Crippen LogP contribution >= 0.6 is 0 Å². The number of fused-ring (bicyclic) bond motifs is 2. The molecule has 0 radical (unpaired) electrons. The van der Waals surface area contributed by atoms with Crippen molar-refractivity contribution in [2.24, 2.45) is 0 Å². The van der Waals surface area contributed by atoms with E-state index >= 15 is 0 Å². The number of para-hydroxylation sites is 1. The fourth-order valence-corrected chi connectivity index (χ4v) is 5.14. The maximum Gasteiger partial charge on any atom is 0.407 e. The van der Waals surface area contributed by atoms with Gasteiger partial charge in [0.05, 0.1) is 5.41 Å². The summed E-state index contributed by atoms with van der Waals surface area (Å²) < 4.78 is 0. The van der Waals surface area contributed by atoms with Crippen LogP contribution in [0.3, 0.4) is 0 Å². The lowest BCUT2D eigenvalue weighted by Crippen LogP contribution is -2.48. The molecular formula is C20H27N3O3. The molecular weight excluding hydrogens is 330 g/mol. The molecule has 1 aromatic carbocycles. The second-order valence-electron chi connectivity index (χ2n) is 7.99. The highest BCUT2D eigenvalue weighted by Crippen LogP contribution is 2.48. The van der Waals surface area contributed by atoms with Gasteiger partial charge < -0.3 is 15.3 Å². The first-order valence-electron chi connectivity index (χ1n) is 9.66. The number of anilines is 1. The van der Waals surface area contributed by atoms with Crippen molar-refractivity contribution in [1.29, 1.82) is 0 Å². The third kappa shape index (κ3) is 2.76. The van der Waals surface area contributed by atoms with Crippen molar-refractivity contribution in [3.8, 4) is 0 Å². The first kappa shape index (κ1) is 17.3. The van der Waals surface area contributed by atoms with Crippen LogP contribution in [0.4, 0.5) is 10.5 Å². The van der Waals surface area contributed by atoms with E-state index in [0.29, 0.717) is 12.6 Å². The summed E-state index contributed by atoms with van der Waals surface area (Å²) in [6.07, 6.45) is 3.77. The molecule has 1 spiro atoms. The molecule has 140 valence electrons. The van der Waals surface area contributed by atoms with Crippen LogP contribution in [0.25, 0.3) is 0 Å². The fourth-order valence-electron chi connectivity index (χ4n) is 5.14. The summed E-state index contributed by atoms with van der Waals surface area (Å²) in [7, 11) is 0. The molecule has 1 saturated heterocycles. The Morgan fingerprint density at radius 3 is 2.69 bits per heavy atom. The zero-order valence-corrected chi connectivity index (χ0v) is 15.3. The van der Waals surface area contributed by atoms with E-state index in [1.807, 2.05) is 25.1 Å². The molecule has 0 bridgehead atoms. The Morgan fingerprint density at radius 2 is 1.96 bits per heavy atom. The first-order valence-corrected chi connectivity index (χ1v) is 9.66. The van der Waals surface area contributed by atoms with Crippen molar-refractivity contribution < 1.29 is 14.7 Å². The average molecular weight is 357 g/mol. The fraction of sp³-hybridized carbons (Fsp3) is 0.600. The zero-order chi connectivity index (χ0) is 18.3. The molecule has 4 rings (SSSR count). The Labute approximate surface area is 154 Å².